The van der Waals surface area contributed by atoms with Crippen LogP contribution in [-0.2, 0) is 4.79 Å². The number of amides is 3. The van der Waals surface area contributed by atoms with Crippen LogP contribution in [0.3, 0.4) is 0 Å². The van der Waals surface area contributed by atoms with E-state index in [-0.39, 0.29) is 28.2 Å². The van der Waals surface area contributed by atoms with E-state index < -0.39 is 5.91 Å². The van der Waals surface area contributed by atoms with Gasteiger partial charge in [-0.15, -0.1) is 0 Å². The van der Waals surface area contributed by atoms with Gasteiger partial charge in [-0.05, 0) is 30.3 Å². The second kappa shape index (κ2) is 7.56. The highest BCUT2D eigenvalue weighted by Gasteiger charge is 2.13. The Morgan fingerprint density at radius 3 is 2.38 bits per heavy atom. The number of aromatic nitrogens is 1. The normalized spacial score (nSPS) is 9.96. The van der Waals surface area contributed by atoms with E-state index in [2.05, 4.69) is 20.9 Å². The van der Waals surface area contributed by atoms with Crippen LogP contribution in [0.25, 0.3) is 0 Å². The van der Waals surface area contributed by atoms with Crippen LogP contribution in [0.1, 0.15) is 27.6 Å². The summed E-state index contributed by atoms with van der Waals surface area (Å²) in [6.07, 6.45) is 1.35. The van der Waals surface area contributed by atoms with E-state index in [0.717, 1.165) is 0 Å². The van der Waals surface area contributed by atoms with Gasteiger partial charge in [-0.25, -0.2) is 4.98 Å². The number of nitrogens with zero attached hydrogens (tertiary/aromatic N) is 1. The first-order chi connectivity index (χ1) is 11.4. The predicted molar refractivity (Wildman–Crippen MR) is 91.3 cm³/mol. The predicted octanol–water partition coefficient (Wildman–Crippen LogP) is 2.31. The molecule has 2 aromatic rings. The summed E-state index contributed by atoms with van der Waals surface area (Å²) in [4.78, 5) is 38.9. The van der Waals surface area contributed by atoms with Crippen molar-refractivity contribution in [2.24, 2.45) is 0 Å². The van der Waals surface area contributed by atoms with Crippen molar-refractivity contribution in [3.63, 3.8) is 0 Å². The van der Waals surface area contributed by atoms with Crippen molar-refractivity contribution in [3.05, 3.63) is 52.7 Å². The molecule has 7 nitrogen and oxygen atoms in total. The van der Waals surface area contributed by atoms with E-state index in [1.807, 2.05) is 0 Å². The molecular weight excluding hydrogens is 332 g/mol. The van der Waals surface area contributed by atoms with Gasteiger partial charge in [0.1, 0.15) is 5.82 Å². The Kier molecular flexibility index (Phi) is 5.49. The molecule has 0 fully saturated rings. The molecule has 0 saturated carbocycles. The monoisotopic (exact) mass is 346 g/mol. The van der Waals surface area contributed by atoms with Gasteiger partial charge in [0.2, 0.25) is 5.91 Å². The van der Waals surface area contributed by atoms with Crippen molar-refractivity contribution < 1.29 is 14.4 Å². The van der Waals surface area contributed by atoms with Gasteiger partial charge in [-0.3, -0.25) is 14.4 Å². The van der Waals surface area contributed by atoms with Gasteiger partial charge in [0.05, 0.1) is 16.1 Å². The molecule has 0 aliphatic carbocycles. The molecule has 24 heavy (non-hydrogen) atoms. The fourth-order valence-electron chi connectivity index (χ4n) is 1.91. The van der Waals surface area contributed by atoms with Gasteiger partial charge < -0.3 is 16.0 Å². The maximum Gasteiger partial charge on any atom is 0.258 e. The lowest BCUT2D eigenvalue weighted by Crippen LogP contribution is -2.18. The Morgan fingerprint density at radius 1 is 1.04 bits per heavy atom. The number of pyridine rings is 1. The summed E-state index contributed by atoms with van der Waals surface area (Å²) in [6, 6.07) is 7.63. The molecule has 1 heterocycles. The van der Waals surface area contributed by atoms with Gasteiger partial charge >= 0.3 is 0 Å². The third-order valence-electron chi connectivity index (χ3n) is 3.03. The molecule has 0 atom stereocenters. The van der Waals surface area contributed by atoms with E-state index in [0.29, 0.717) is 11.3 Å². The zero-order valence-electron chi connectivity index (χ0n) is 13.0. The van der Waals surface area contributed by atoms with Crippen LogP contribution in [0.15, 0.2) is 36.5 Å². The first-order valence-corrected chi connectivity index (χ1v) is 7.35. The third kappa shape index (κ3) is 4.30. The molecule has 0 spiro atoms. The fraction of sp³-hybridized carbons (Fsp3) is 0.125. The van der Waals surface area contributed by atoms with Crippen molar-refractivity contribution in [1.82, 2.24) is 10.3 Å². The van der Waals surface area contributed by atoms with Gasteiger partial charge in [0.15, 0.2) is 0 Å². The topological polar surface area (TPSA) is 100 Å². The lowest BCUT2D eigenvalue weighted by molar-refractivity contribution is -0.114. The first kappa shape index (κ1) is 17.4. The Balaban J connectivity index is 2.17. The zero-order valence-corrected chi connectivity index (χ0v) is 13.8. The minimum atomic E-state index is -0.479. The molecule has 3 amide bonds. The molecule has 2 rings (SSSR count). The van der Waals surface area contributed by atoms with Crippen LogP contribution in [0, 0.1) is 0 Å². The molecular formula is C16H15ClN4O3. The van der Waals surface area contributed by atoms with Gasteiger partial charge in [-0.1, -0.05) is 11.6 Å². The largest absolute Gasteiger partial charge is 0.355 e. The summed E-state index contributed by atoms with van der Waals surface area (Å²) in [5.74, 6) is -0.734. The Labute approximate surface area is 143 Å². The minimum Gasteiger partial charge on any atom is -0.355 e. The Bertz CT molecular complexity index is 790. The van der Waals surface area contributed by atoms with Gasteiger partial charge in [0.25, 0.3) is 11.8 Å². The molecule has 0 bridgehead atoms. The van der Waals surface area contributed by atoms with Crippen molar-refractivity contribution in [2.45, 2.75) is 6.92 Å². The molecule has 0 saturated heterocycles. The average molecular weight is 347 g/mol. The Morgan fingerprint density at radius 2 is 1.79 bits per heavy atom. The van der Waals surface area contributed by atoms with Gasteiger partial charge in [-0.2, -0.15) is 0 Å². The maximum absolute atomic E-state index is 12.3. The van der Waals surface area contributed by atoms with Crippen LogP contribution in [0.4, 0.5) is 11.5 Å². The number of rotatable bonds is 4. The molecule has 124 valence electrons. The van der Waals surface area contributed by atoms with Crippen molar-refractivity contribution in [1.29, 1.82) is 0 Å². The average Bonchev–Trinajstić information content (AvgIpc) is 2.56. The number of carbonyl (C=O) groups excluding carboxylic acids is 3. The molecule has 0 radical (unpaired) electrons. The van der Waals surface area contributed by atoms with Crippen molar-refractivity contribution in [2.75, 3.05) is 17.7 Å². The van der Waals surface area contributed by atoms with Crippen molar-refractivity contribution >= 4 is 40.8 Å². The molecule has 1 aromatic carbocycles. The van der Waals surface area contributed by atoms with E-state index >= 15 is 0 Å². The number of carbonyl (C=O) groups is 3. The summed E-state index contributed by atoms with van der Waals surface area (Å²) in [5.41, 5.74) is 1.03. The molecule has 3 N–H and O–H groups in total. The van der Waals surface area contributed by atoms with E-state index in [1.54, 1.807) is 6.07 Å². The van der Waals surface area contributed by atoms with E-state index in [1.165, 1.54) is 44.4 Å². The van der Waals surface area contributed by atoms with Crippen LogP contribution < -0.4 is 16.0 Å². The summed E-state index contributed by atoms with van der Waals surface area (Å²) in [6.45, 7) is 1.37. The number of hydrogen-bond acceptors (Lipinski definition) is 4. The molecule has 1 aromatic heterocycles. The molecule has 0 aliphatic rings. The highest BCUT2D eigenvalue weighted by molar-refractivity contribution is 6.34. The maximum atomic E-state index is 12.3. The fourth-order valence-corrected chi connectivity index (χ4v) is 2.11. The van der Waals surface area contributed by atoms with Crippen LogP contribution >= 0.6 is 11.6 Å². The number of anilines is 2. The molecule has 8 heteroatoms. The van der Waals surface area contributed by atoms with Crippen molar-refractivity contribution in [3.8, 4) is 0 Å². The third-order valence-corrected chi connectivity index (χ3v) is 3.36. The Hall–Kier alpha value is -2.93. The minimum absolute atomic E-state index is 0.195. The van der Waals surface area contributed by atoms with E-state index in [4.69, 9.17) is 11.6 Å². The summed E-state index contributed by atoms with van der Waals surface area (Å²) < 4.78 is 0. The first-order valence-electron chi connectivity index (χ1n) is 6.97. The lowest BCUT2D eigenvalue weighted by atomic mass is 10.2. The number of hydrogen-bond donors (Lipinski definition) is 3. The summed E-state index contributed by atoms with van der Waals surface area (Å²) >= 11 is 6.03. The quantitative estimate of drug-likeness (QED) is 0.790. The smallest absolute Gasteiger partial charge is 0.258 e. The van der Waals surface area contributed by atoms with Crippen LogP contribution in [-0.4, -0.2) is 29.8 Å². The van der Waals surface area contributed by atoms with E-state index in [9.17, 15) is 14.4 Å². The van der Waals surface area contributed by atoms with Gasteiger partial charge in [0, 0.05) is 25.9 Å². The second-order valence-corrected chi connectivity index (χ2v) is 5.25. The number of halogens is 1. The zero-order chi connectivity index (χ0) is 17.7. The molecule has 0 unspecified atom stereocenters. The highest BCUT2D eigenvalue weighted by atomic mass is 35.5. The standard InChI is InChI=1S/C16H15ClN4O3/c1-9(22)20-11-4-5-13(17)12(7-11)16(24)21-14-6-3-10(8-19-14)15(23)18-2/h3-8H,1-2H3,(H,18,23)(H,20,22)(H,19,21,24). The van der Waals surface area contributed by atoms with Crippen LogP contribution in [0.2, 0.25) is 5.02 Å². The number of nitrogens with one attached hydrogen (secondary N) is 3. The second-order valence-electron chi connectivity index (χ2n) is 4.84. The highest BCUT2D eigenvalue weighted by Crippen LogP contribution is 2.21. The lowest BCUT2D eigenvalue weighted by Gasteiger charge is -2.09. The SMILES string of the molecule is CNC(=O)c1ccc(NC(=O)c2cc(NC(C)=O)ccc2Cl)nc1. The molecule has 0 aliphatic heterocycles. The van der Waals surface area contributed by atoms with Crippen LogP contribution in [0.5, 0.6) is 0 Å². The number of benzene rings is 1. The summed E-state index contributed by atoms with van der Waals surface area (Å²) in [5, 5.41) is 7.88. The summed E-state index contributed by atoms with van der Waals surface area (Å²) in [7, 11) is 1.52.